The maximum absolute atomic E-state index is 12.7. The van der Waals surface area contributed by atoms with Crippen LogP contribution in [-0.2, 0) is 9.84 Å². The van der Waals surface area contributed by atoms with Crippen molar-refractivity contribution in [2.75, 3.05) is 18.8 Å². The molecule has 6 heteroatoms. The Morgan fingerprint density at radius 3 is 2.52 bits per heavy atom. The number of carbonyl (C=O) groups is 1. The van der Waals surface area contributed by atoms with Gasteiger partial charge in [-0.25, -0.2) is 8.42 Å². The van der Waals surface area contributed by atoms with Gasteiger partial charge < -0.3 is 10.6 Å². The second kappa shape index (κ2) is 7.45. The molecule has 0 saturated carbocycles. The van der Waals surface area contributed by atoms with E-state index in [0.717, 1.165) is 12.8 Å². The van der Waals surface area contributed by atoms with Crippen LogP contribution in [0.5, 0.6) is 0 Å². The number of hydrogen-bond acceptors (Lipinski definition) is 4. The lowest BCUT2D eigenvalue weighted by atomic mass is 9.90. The molecule has 1 aliphatic rings. The Bertz CT molecular complexity index is 640. The lowest BCUT2D eigenvalue weighted by Gasteiger charge is -2.39. The van der Waals surface area contributed by atoms with Crippen LogP contribution in [0.15, 0.2) is 29.2 Å². The van der Waals surface area contributed by atoms with Gasteiger partial charge in [0, 0.05) is 24.7 Å². The van der Waals surface area contributed by atoms with E-state index < -0.39 is 9.84 Å². The van der Waals surface area contributed by atoms with Gasteiger partial charge in [-0.05, 0) is 49.4 Å². The first-order chi connectivity index (χ1) is 10.9. The number of likely N-dealkylation sites (tertiary alicyclic amines) is 1. The number of amides is 1. The molecule has 2 rings (SSSR count). The molecule has 2 atom stereocenters. The van der Waals surface area contributed by atoms with Gasteiger partial charge in [0.15, 0.2) is 9.84 Å². The molecule has 0 radical (unpaired) electrons. The molecule has 5 nitrogen and oxygen atoms in total. The zero-order chi connectivity index (χ0) is 17.0. The van der Waals surface area contributed by atoms with Crippen molar-refractivity contribution >= 4 is 15.7 Å². The number of benzene rings is 1. The first-order valence-corrected chi connectivity index (χ1v) is 9.89. The fourth-order valence-corrected chi connectivity index (χ4v) is 4.54. The zero-order valence-electron chi connectivity index (χ0n) is 13.9. The maximum Gasteiger partial charge on any atom is 0.254 e. The lowest BCUT2D eigenvalue weighted by Crippen LogP contribution is -2.51. The quantitative estimate of drug-likeness (QED) is 0.891. The highest BCUT2D eigenvalue weighted by Crippen LogP contribution is 2.24. The van der Waals surface area contributed by atoms with E-state index in [1.54, 1.807) is 12.1 Å². The predicted octanol–water partition coefficient (Wildman–Crippen LogP) is 2.07. The molecule has 0 aromatic heterocycles. The molecule has 1 aliphatic heterocycles. The summed E-state index contributed by atoms with van der Waals surface area (Å²) in [5, 5.41) is 0. The number of hydrogen-bond donors (Lipinski definition) is 1. The van der Waals surface area contributed by atoms with Crippen LogP contribution < -0.4 is 5.73 Å². The Hall–Kier alpha value is -1.40. The van der Waals surface area contributed by atoms with E-state index in [1.807, 2.05) is 11.8 Å². The molecule has 0 bridgehead atoms. The molecule has 1 fully saturated rings. The van der Waals surface area contributed by atoms with Crippen molar-refractivity contribution in [2.45, 2.75) is 44.0 Å². The van der Waals surface area contributed by atoms with Crippen molar-refractivity contribution in [1.82, 2.24) is 4.90 Å². The van der Waals surface area contributed by atoms with E-state index in [0.29, 0.717) is 31.0 Å². The van der Waals surface area contributed by atoms with Crippen molar-refractivity contribution in [1.29, 1.82) is 0 Å². The van der Waals surface area contributed by atoms with Crippen LogP contribution in [0, 0.1) is 5.92 Å². The molecule has 1 amide bonds. The summed E-state index contributed by atoms with van der Waals surface area (Å²) >= 11 is 0. The highest BCUT2D eigenvalue weighted by atomic mass is 32.2. The third kappa shape index (κ3) is 3.93. The Balaban J connectivity index is 2.20. The standard InChI is InChI=1S/C17H26N2O3S/c1-3-11-23(21,22)15-8-6-14(7-9-15)17(20)19-10-4-5-13(2)16(19)12-18/h6-9,13,16H,3-5,10-12,18H2,1-2H3/t13-,16-/m0/s1. The topological polar surface area (TPSA) is 80.5 Å². The summed E-state index contributed by atoms with van der Waals surface area (Å²) in [5.74, 6) is 0.451. The first-order valence-electron chi connectivity index (χ1n) is 8.24. The summed E-state index contributed by atoms with van der Waals surface area (Å²) in [6, 6.07) is 6.33. The molecule has 1 aromatic rings. The van der Waals surface area contributed by atoms with Gasteiger partial charge in [-0.15, -0.1) is 0 Å². The number of rotatable bonds is 5. The van der Waals surface area contributed by atoms with Crippen molar-refractivity contribution in [3.63, 3.8) is 0 Å². The van der Waals surface area contributed by atoms with Crippen LogP contribution in [0.25, 0.3) is 0 Å². The minimum absolute atomic E-state index is 0.0553. The van der Waals surface area contributed by atoms with Gasteiger partial charge in [-0.1, -0.05) is 13.8 Å². The van der Waals surface area contributed by atoms with E-state index in [4.69, 9.17) is 5.73 Å². The summed E-state index contributed by atoms with van der Waals surface area (Å²) in [4.78, 5) is 14.8. The van der Waals surface area contributed by atoms with Crippen LogP contribution in [0.1, 0.15) is 43.5 Å². The SMILES string of the molecule is CCCS(=O)(=O)c1ccc(C(=O)N2CCC[C@H](C)[C@@H]2CN)cc1. The van der Waals surface area contributed by atoms with Crippen LogP contribution in [0.3, 0.4) is 0 Å². The van der Waals surface area contributed by atoms with Gasteiger partial charge in [0.25, 0.3) is 5.91 Å². The van der Waals surface area contributed by atoms with Crippen molar-refractivity contribution < 1.29 is 13.2 Å². The van der Waals surface area contributed by atoms with E-state index >= 15 is 0 Å². The first kappa shape index (κ1) is 17.9. The van der Waals surface area contributed by atoms with Gasteiger partial charge in [-0.2, -0.15) is 0 Å². The Labute approximate surface area is 138 Å². The average Bonchev–Trinajstić information content (AvgIpc) is 2.54. The molecule has 0 aliphatic carbocycles. The highest BCUT2D eigenvalue weighted by Gasteiger charge is 2.31. The fourth-order valence-electron chi connectivity index (χ4n) is 3.22. The third-order valence-electron chi connectivity index (χ3n) is 4.55. The normalized spacial score (nSPS) is 22.1. The van der Waals surface area contributed by atoms with Crippen LogP contribution in [0.4, 0.5) is 0 Å². The predicted molar refractivity (Wildman–Crippen MR) is 91.1 cm³/mol. The monoisotopic (exact) mass is 338 g/mol. The van der Waals surface area contributed by atoms with Crippen LogP contribution in [0.2, 0.25) is 0 Å². The highest BCUT2D eigenvalue weighted by molar-refractivity contribution is 7.91. The maximum atomic E-state index is 12.7. The van der Waals surface area contributed by atoms with Crippen molar-refractivity contribution in [3.05, 3.63) is 29.8 Å². The second-order valence-electron chi connectivity index (χ2n) is 6.26. The van der Waals surface area contributed by atoms with E-state index in [-0.39, 0.29) is 22.6 Å². The number of sulfone groups is 1. The van der Waals surface area contributed by atoms with Crippen LogP contribution in [-0.4, -0.2) is 44.1 Å². The molecule has 0 spiro atoms. The van der Waals surface area contributed by atoms with Gasteiger partial charge in [0.1, 0.15) is 0 Å². The van der Waals surface area contributed by atoms with Gasteiger partial charge in [0.2, 0.25) is 0 Å². The summed E-state index contributed by atoms with van der Waals surface area (Å²) in [5.41, 5.74) is 6.36. The van der Waals surface area contributed by atoms with Gasteiger partial charge in [-0.3, -0.25) is 4.79 Å². The van der Waals surface area contributed by atoms with E-state index in [2.05, 4.69) is 6.92 Å². The largest absolute Gasteiger partial charge is 0.334 e. The minimum Gasteiger partial charge on any atom is -0.334 e. The number of carbonyl (C=O) groups excluding carboxylic acids is 1. The van der Waals surface area contributed by atoms with E-state index in [9.17, 15) is 13.2 Å². The van der Waals surface area contributed by atoms with Crippen molar-refractivity contribution in [3.8, 4) is 0 Å². The molecule has 1 heterocycles. The fraction of sp³-hybridized carbons (Fsp3) is 0.588. The van der Waals surface area contributed by atoms with Crippen molar-refractivity contribution in [2.24, 2.45) is 11.7 Å². The van der Waals surface area contributed by atoms with Crippen LogP contribution >= 0.6 is 0 Å². The average molecular weight is 338 g/mol. The summed E-state index contributed by atoms with van der Waals surface area (Å²) in [7, 11) is -3.25. The lowest BCUT2D eigenvalue weighted by molar-refractivity contribution is 0.0532. The zero-order valence-corrected chi connectivity index (χ0v) is 14.7. The number of nitrogens with zero attached hydrogens (tertiary/aromatic N) is 1. The summed E-state index contributed by atoms with van der Waals surface area (Å²) < 4.78 is 24.1. The Kier molecular flexibility index (Phi) is 5.81. The molecular formula is C17H26N2O3S. The Morgan fingerprint density at radius 1 is 1.30 bits per heavy atom. The van der Waals surface area contributed by atoms with E-state index in [1.165, 1.54) is 12.1 Å². The molecular weight excluding hydrogens is 312 g/mol. The molecule has 1 aromatic carbocycles. The number of piperidine rings is 1. The molecule has 128 valence electrons. The summed E-state index contributed by atoms with van der Waals surface area (Å²) in [6.07, 6.45) is 2.64. The van der Waals surface area contributed by atoms with Gasteiger partial charge >= 0.3 is 0 Å². The Morgan fingerprint density at radius 2 is 1.96 bits per heavy atom. The molecule has 2 N–H and O–H groups in total. The molecule has 23 heavy (non-hydrogen) atoms. The van der Waals surface area contributed by atoms with Gasteiger partial charge in [0.05, 0.1) is 10.6 Å². The third-order valence-corrected chi connectivity index (χ3v) is 6.49. The second-order valence-corrected chi connectivity index (χ2v) is 8.37. The number of nitrogens with two attached hydrogens (primary N) is 1. The smallest absolute Gasteiger partial charge is 0.254 e. The summed E-state index contributed by atoms with van der Waals surface area (Å²) in [6.45, 7) is 5.12. The minimum atomic E-state index is -3.25. The molecule has 1 saturated heterocycles. The molecule has 0 unspecified atom stereocenters.